The first-order chi connectivity index (χ1) is 16.1. The monoisotopic (exact) mass is 479 g/mol. The molecule has 2 aromatic rings. The summed E-state index contributed by atoms with van der Waals surface area (Å²) in [5.41, 5.74) is 2.94. The highest BCUT2D eigenvalue weighted by atomic mass is 32.2. The molecule has 172 valence electrons. The average Bonchev–Trinajstić information content (AvgIpc) is 3.12. The first kappa shape index (κ1) is 23.6. The van der Waals surface area contributed by atoms with Gasteiger partial charge in [-0.1, -0.05) is 79.7 Å². The van der Waals surface area contributed by atoms with Gasteiger partial charge in [0, 0.05) is 11.6 Å². The molecule has 0 atom stereocenters. The maximum Gasteiger partial charge on any atom is 0.266 e. The standard InChI is InChI=1S/C27H29NO3S2/c1-3-10-21-15-20(16-23(30-2)25(21)31-18-19-11-6-4-7-12-19)17-24-26(29)28(27(32)33-24)22-13-8-5-9-14-22/h3-4,6-7,11-12,15-17,22H,1,5,8-10,13-14,18H2,2H3. The van der Waals surface area contributed by atoms with E-state index in [-0.39, 0.29) is 11.9 Å². The van der Waals surface area contributed by atoms with Crippen LogP contribution in [0.25, 0.3) is 6.08 Å². The molecule has 1 saturated carbocycles. The number of nitrogens with zero attached hydrogens (tertiary/aromatic N) is 1. The molecule has 0 N–H and O–H groups in total. The average molecular weight is 480 g/mol. The van der Waals surface area contributed by atoms with E-state index in [1.807, 2.05) is 59.5 Å². The van der Waals surface area contributed by atoms with Crippen LogP contribution in [0.2, 0.25) is 0 Å². The molecule has 0 aromatic heterocycles. The van der Waals surface area contributed by atoms with E-state index < -0.39 is 0 Å². The fourth-order valence-electron chi connectivity index (χ4n) is 4.40. The minimum Gasteiger partial charge on any atom is -0.493 e. The van der Waals surface area contributed by atoms with Crippen LogP contribution in [-0.2, 0) is 17.8 Å². The lowest BCUT2D eigenvalue weighted by Gasteiger charge is -2.29. The van der Waals surface area contributed by atoms with E-state index >= 15 is 0 Å². The number of hydrogen-bond donors (Lipinski definition) is 0. The summed E-state index contributed by atoms with van der Waals surface area (Å²) in [7, 11) is 1.63. The number of ether oxygens (including phenoxy) is 2. The number of thiocarbonyl (C=S) groups is 1. The van der Waals surface area contributed by atoms with Crippen LogP contribution in [0.5, 0.6) is 11.5 Å². The van der Waals surface area contributed by atoms with Crippen LogP contribution < -0.4 is 9.47 Å². The Morgan fingerprint density at radius 2 is 1.94 bits per heavy atom. The van der Waals surface area contributed by atoms with Gasteiger partial charge in [-0.3, -0.25) is 9.69 Å². The van der Waals surface area contributed by atoms with Crippen molar-refractivity contribution in [3.05, 3.63) is 76.7 Å². The van der Waals surface area contributed by atoms with Crippen molar-refractivity contribution in [2.24, 2.45) is 0 Å². The lowest BCUT2D eigenvalue weighted by Crippen LogP contribution is -2.39. The summed E-state index contributed by atoms with van der Waals surface area (Å²) in [4.78, 5) is 15.7. The Labute approximate surface area is 205 Å². The van der Waals surface area contributed by atoms with Gasteiger partial charge < -0.3 is 9.47 Å². The van der Waals surface area contributed by atoms with E-state index in [0.717, 1.165) is 42.4 Å². The second kappa shape index (κ2) is 11.0. The van der Waals surface area contributed by atoms with Crippen molar-refractivity contribution in [3.8, 4) is 11.5 Å². The molecule has 1 aliphatic carbocycles. The van der Waals surface area contributed by atoms with Crippen molar-refractivity contribution < 1.29 is 14.3 Å². The van der Waals surface area contributed by atoms with Crippen molar-refractivity contribution in [1.82, 2.24) is 4.90 Å². The third-order valence-electron chi connectivity index (χ3n) is 6.03. The summed E-state index contributed by atoms with van der Waals surface area (Å²) >= 11 is 6.97. The second-order valence-electron chi connectivity index (χ2n) is 8.32. The van der Waals surface area contributed by atoms with Gasteiger partial charge in [-0.25, -0.2) is 0 Å². The second-order valence-corrected chi connectivity index (χ2v) is 10.00. The van der Waals surface area contributed by atoms with Crippen molar-refractivity contribution in [2.75, 3.05) is 7.11 Å². The largest absolute Gasteiger partial charge is 0.493 e. The molecule has 2 fully saturated rings. The predicted octanol–water partition coefficient (Wildman–Crippen LogP) is 6.54. The van der Waals surface area contributed by atoms with Crippen LogP contribution in [0.3, 0.4) is 0 Å². The lowest BCUT2D eigenvalue weighted by atomic mass is 9.94. The molecule has 1 saturated heterocycles. The number of hydrogen-bond acceptors (Lipinski definition) is 5. The molecular formula is C27H29NO3S2. The van der Waals surface area contributed by atoms with Gasteiger partial charge >= 0.3 is 0 Å². The zero-order valence-electron chi connectivity index (χ0n) is 18.9. The van der Waals surface area contributed by atoms with Crippen LogP contribution in [0.15, 0.2) is 60.0 Å². The summed E-state index contributed by atoms with van der Waals surface area (Å²) in [5.74, 6) is 1.36. The molecule has 2 aliphatic rings. The van der Waals surface area contributed by atoms with Gasteiger partial charge in [0.1, 0.15) is 10.9 Å². The predicted molar refractivity (Wildman–Crippen MR) is 140 cm³/mol. The van der Waals surface area contributed by atoms with Gasteiger partial charge in [0.25, 0.3) is 5.91 Å². The zero-order chi connectivity index (χ0) is 23.2. The molecule has 4 rings (SSSR count). The molecule has 33 heavy (non-hydrogen) atoms. The van der Waals surface area contributed by atoms with E-state index in [0.29, 0.717) is 33.8 Å². The minimum absolute atomic E-state index is 0.0190. The molecule has 0 radical (unpaired) electrons. The number of carbonyl (C=O) groups is 1. The van der Waals surface area contributed by atoms with Gasteiger partial charge in [-0.15, -0.1) is 6.58 Å². The minimum atomic E-state index is 0.0190. The number of thioether (sulfide) groups is 1. The van der Waals surface area contributed by atoms with Crippen molar-refractivity contribution >= 4 is 40.3 Å². The van der Waals surface area contributed by atoms with Gasteiger partial charge in [0.05, 0.1) is 12.0 Å². The zero-order valence-corrected chi connectivity index (χ0v) is 20.6. The van der Waals surface area contributed by atoms with Crippen LogP contribution >= 0.6 is 24.0 Å². The van der Waals surface area contributed by atoms with Gasteiger partial charge in [0.2, 0.25) is 0 Å². The molecule has 2 aromatic carbocycles. The molecule has 0 spiro atoms. The van der Waals surface area contributed by atoms with E-state index in [9.17, 15) is 4.79 Å². The van der Waals surface area contributed by atoms with Crippen molar-refractivity contribution in [3.63, 3.8) is 0 Å². The molecular weight excluding hydrogens is 450 g/mol. The maximum absolute atomic E-state index is 13.2. The summed E-state index contributed by atoms with van der Waals surface area (Å²) < 4.78 is 12.5. The molecule has 6 heteroatoms. The molecule has 1 amide bonds. The van der Waals surface area contributed by atoms with Crippen LogP contribution in [0.1, 0.15) is 48.8 Å². The Kier molecular flexibility index (Phi) is 7.89. The Hall–Kier alpha value is -2.57. The number of allylic oxidation sites excluding steroid dienone is 1. The fraction of sp³-hybridized carbons (Fsp3) is 0.333. The molecule has 1 aliphatic heterocycles. The highest BCUT2D eigenvalue weighted by Gasteiger charge is 2.37. The van der Waals surface area contributed by atoms with E-state index in [4.69, 9.17) is 21.7 Å². The van der Waals surface area contributed by atoms with Crippen molar-refractivity contribution in [1.29, 1.82) is 0 Å². The van der Waals surface area contributed by atoms with Gasteiger partial charge in [0.15, 0.2) is 11.5 Å². The number of carbonyl (C=O) groups excluding carboxylic acids is 1. The summed E-state index contributed by atoms with van der Waals surface area (Å²) in [6.07, 6.45) is 10.0. The first-order valence-electron chi connectivity index (χ1n) is 11.4. The molecule has 0 unspecified atom stereocenters. The topological polar surface area (TPSA) is 38.8 Å². The number of rotatable bonds is 8. The Balaban J connectivity index is 1.60. The van der Waals surface area contributed by atoms with Gasteiger partial charge in [-0.05, 0) is 48.6 Å². The highest BCUT2D eigenvalue weighted by Crippen LogP contribution is 2.39. The quantitative estimate of drug-likeness (QED) is 0.244. The third kappa shape index (κ3) is 5.50. The van der Waals surface area contributed by atoms with Crippen LogP contribution in [0.4, 0.5) is 0 Å². The smallest absolute Gasteiger partial charge is 0.266 e. The summed E-state index contributed by atoms with van der Waals surface area (Å²) in [6, 6.07) is 14.2. The maximum atomic E-state index is 13.2. The van der Waals surface area contributed by atoms with Crippen molar-refractivity contribution in [2.45, 2.75) is 51.2 Å². The molecule has 0 bridgehead atoms. The Morgan fingerprint density at radius 3 is 2.64 bits per heavy atom. The SMILES string of the molecule is C=CCc1cc(C=C2SC(=S)N(C3CCCCC3)C2=O)cc(OC)c1OCc1ccccc1. The number of methoxy groups -OCH3 is 1. The Morgan fingerprint density at radius 1 is 1.18 bits per heavy atom. The third-order valence-corrected chi connectivity index (χ3v) is 7.36. The van der Waals surface area contributed by atoms with E-state index in [1.54, 1.807) is 7.11 Å². The highest BCUT2D eigenvalue weighted by molar-refractivity contribution is 8.26. The van der Waals surface area contributed by atoms with Crippen LogP contribution in [0, 0.1) is 0 Å². The fourth-order valence-corrected chi connectivity index (χ4v) is 5.80. The number of amides is 1. The van der Waals surface area contributed by atoms with Crippen LogP contribution in [-0.4, -0.2) is 28.3 Å². The first-order valence-corrected chi connectivity index (χ1v) is 12.6. The summed E-state index contributed by atoms with van der Waals surface area (Å²) in [5, 5.41) is 0. The van der Waals surface area contributed by atoms with E-state index in [2.05, 4.69) is 6.58 Å². The molecule has 1 heterocycles. The normalized spacial score (nSPS) is 18.1. The summed E-state index contributed by atoms with van der Waals surface area (Å²) in [6.45, 7) is 4.34. The molecule has 4 nitrogen and oxygen atoms in total. The lowest BCUT2D eigenvalue weighted by molar-refractivity contribution is -0.124. The van der Waals surface area contributed by atoms with Gasteiger partial charge in [-0.2, -0.15) is 0 Å². The van der Waals surface area contributed by atoms with E-state index in [1.165, 1.54) is 18.2 Å². The number of benzene rings is 2. The Bertz CT molecular complexity index is 1060.